The van der Waals surface area contributed by atoms with E-state index in [1.807, 2.05) is 19.1 Å². The molecule has 1 unspecified atom stereocenters. The Morgan fingerprint density at radius 3 is 2.75 bits per heavy atom. The highest BCUT2D eigenvalue weighted by Crippen LogP contribution is 2.13. The van der Waals surface area contributed by atoms with Crippen molar-refractivity contribution in [1.29, 1.82) is 5.26 Å². The van der Waals surface area contributed by atoms with E-state index in [4.69, 9.17) is 5.26 Å². The summed E-state index contributed by atoms with van der Waals surface area (Å²) in [4.78, 5) is 0. The maximum absolute atomic E-state index is 8.70. The molecule has 0 aliphatic heterocycles. The fourth-order valence-corrected chi connectivity index (χ4v) is 1.25. The van der Waals surface area contributed by atoms with E-state index < -0.39 is 0 Å². The molecule has 0 aliphatic rings. The number of halogens is 1. The van der Waals surface area contributed by atoms with Gasteiger partial charge in [-0.1, -0.05) is 15.9 Å². The zero-order valence-corrected chi connectivity index (χ0v) is 8.24. The van der Waals surface area contributed by atoms with Crippen LogP contribution < -0.4 is 0 Å². The molecule has 0 fully saturated rings. The van der Waals surface area contributed by atoms with Crippen LogP contribution in [0.15, 0.2) is 12.1 Å². The second-order valence-corrected chi connectivity index (χ2v) is 3.08. The van der Waals surface area contributed by atoms with Gasteiger partial charge in [-0.3, -0.25) is 0 Å². The lowest BCUT2D eigenvalue weighted by Gasteiger charge is -2.02. The van der Waals surface area contributed by atoms with Gasteiger partial charge in [-0.05, 0) is 19.1 Å². The topological polar surface area (TPSA) is 49.6 Å². The molecule has 1 atom stereocenters. The first-order valence-corrected chi connectivity index (χ1v) is 4.66. The van der Waals surface area contributed by atoms with Gasteiger partial charge >= 0.3 is 0 Å². The van der Waals surface area contributed by atoms with Gasteiger partial charge in [-0.15, -0.1) is 0 Å². The highest BCUT2D eigenvalue weighted by Gasteiger charge is 2.09. The molecule has 0 N–H and O–H groups in total. The van der Waals surface area contributed by atoms with Crippen LogP contribution in [0.25, 0.3) is 0 Å². The van der Waals surface area contributed by atoms with Crippen molar-refractivity contribution in [2.75, 3.05) is 5.33 Å². The van der Waals surface area contributed by atoms with E-state index in [-0.39, 0.29) is 5.92 Å². The first kappa shape index (κ1) is 9.14. The molecule has 0 spiro atoms. The van der Waals surface area contributed by atoms with Gasteiger partial charge in [0.2, 0.25) is 0 Å². The van der Waals surface area contributed by atoms with Crippen molar-refractivity contribution in [1.82, 2.24) is 10.2 Å². The molecular formula is C8H8BrN3. The predicted octanol–water partition coefficient (Wildman–Crippen LogP) is 1.79. The molecule has 0 radical (unpaired) electrons. The molecule has 3 nitrogen and oxygen atoms in total. The van der Waals surface area contributed by atoms with Crippen LogP contribution in [0, 0.1) is 18.3 Å². The molecule has 4 heteroatoms. The van der Waals surface area contributed by atoms with E-state index in [9.17, 15) is 0 Å². The van der Waals surface area contributed by atoms with Crippen molar-refractivity contribution in [3.05, 3.63) is 23.5 Å². The van der Waals surface area contributed by atoms with Crippen LogP contribution >= 0.6 is 15.9 Å². The van der Waals surface area contributed by atoms with Gasteiger partial charge in [-0.25, -0.2) is 0 Å². The summed E-state index contributed by atoms with van der Waals surface area (Å²) in [6, 6.07) is 5.83. The van der Waals surface area contributed by atoms with E-state index in [1.165, 1.54) is 0 Å². The SMILES string of the molecule is Cc1ccc(C(C#N)CBr)nn1. The van der Waals surface area contributed by atoms with Gasteiger partial charge in [0.25, 0.3) is 0 Å². The lowest BCUT2D eigenvalue weighted by molar-refractivity contribution is 0.850. The number of nitrogens with zero attached hydrogens (tertiary/aromatic N) is 3. The predicted molar refractivity (Wildman–Crippen MR) is 48.9 cm³/mol. The second-order valence-electron chi connectivity index (χ2n) is 2.44. The van der Waals surface area contributed by atoms with Gasteiger partial charge in [0.15, 0.2) is 0 Å². The number of aryl methyl sites for hydroxylation is 1. The Kier molecular flexibility index (Phi) is 3.18. The van der Waals surface area contributed by atoms with Crippen molar-refractivity contribution >= 4 is 15.9 Å². The van der Waals surface area contributed by atoms with E-state index in [1.54, 1.807) is 0 Å². The molecule has 0 amide bonds. The summed E-state index contributed by atoms with van der Waals surface area (Å²) < 4.78 is 0. The summed E-state index contributed by atoms with van der Waals surface area (Å²) in [5.41, 5.74) is 1.59. The number of rotatable bonds is 2. The van der Waals surface area contributed by atoms with Crippen LogP contribution in [0.5, 0.6) is 0 Å². The van der Waals surface area contributed by atoms with Crippen molar-refractivity contribution in [3.8, 4) is 6.07 Å². The zero-order chi connectivity index (χ0) is 8.97. The second kappa shape index (κ2) is 4.17. The fraction of sp³-hybridized carbons (Fsp3) is 0.375. The minimum absolute atomic E-state index is 0.196. The van der Waals surface area contributed by atoms with Crippen molar-refractivity contribution in [2.45, 2.75) is 12.8 Å². The monoisotopic (exact) mass is 225 g/mol. The smallest absolute Gasteiger partial charge is 0.0999 e. The van der Waals surface area contributed by atoms with Crippen molar-refractivity contribution in [3.63, 3.8) is 0 Å². The molecule has 0 saturated heterocycles. The van der Waals surface area contributed by atoms with E-state index in [2.05, 4.69) is 32.2 Å². The third-order valence-corrected chi connectivity index (χ3v) is 2.13. The van der Waals surface area contributed by atoms with Gasteiger partial charge in [-0.2, -0.15) is 15.5 Å². The highest BCUT2D eigenvalue weighted by molar-refractivity contribution is 9.09. The van der Waals surface area contributed by atoms with E-state index >= 15 is 0 Å². The summed E-state index contributed by atoms with van der Waals surface area (Å²) in [5.74, 6) is -0.196. The minimum Gasteiger partial charge on any atom is -0.198 e. The van der Waals surface area contributed by atoms with Crippen molar-refractivity contribution in [2.24, 2.45) is 0 Å². The first-order chi connectivity index (χ1) is 5.77. The molecule has 1 rings (SSSR count). The Morgan fingerprint density at radius 2 is 2.33 bits per heavy atom. The molecule has 1 aromatic heterocycles. The van der Waals surface area contributed by atoms with Crippen LogP contribution in [0.1, 0.15) is 17.3 Å². The lowest BCUT2D eigenvalue weighted by atomic mass is 10.1. The van der Waals surface area contributed by atoms with Crippen LogP contribution in [0.4, 0.5) is 0 Å². The van der Waals surface area contributed by atoms with E-state index in [0.717, 1.165) is 11.4 Å². The number of hydrogen-bond donors (Lipinski definition) is 0. The van der Waals surface area contributed by atoms with Gasteiger partial charge in [0.1, 0.15) is 0 Å². The first-order valence-electron chi connectivity index (χ1n) is 3.53. The summed E-state index contributed by atoms with van der Waals surface area (Å²) in [6.45, 7) is 1.87. The van der Waals surface area contributed by atoms with Crippen LogP contribution in [0.3, 0.4) is 0 Å². The minimum atomic E-state index is -0.196. The zero-order valence-electron chi connectivity index (χ0n) is 6.66. The third-order valence-electron chi connectivity index (χ3n) is 1.49. The molecule has 1 aromatic rings. The van der Waals surface area contributed by atoms with E-state index in [0.29, 0.717) is 5.33 Å². The van der Waals surface area contributed by atoms with Crippen molar-refractivity contribution < 1.29 is 0 Å². The number of nitriles is 1. The molecule has 0 saturated carbocycles. The Bertz CT molecular complexity index is 288. The molecule has 62 valence electrons. The molecule has 1 heterocycles. The lowest BCUT2D eigenvalue weighted by Crippen LogP contribution is -2.01. The average Bonchev–Trinajstić information content (AvgIpc) is 2.10. The molecule has 12 heavy (non-hydrogen) atoms. The summed E-state index contributed by atoms with van der Waals surface area (Å²) in [5, 5.41) is 17.1. The molecule has 0 bridgehead atoms. The number of alkyl halides is 1. The summed E-state index contributed by atoms with van der Waals surface area (Å²) in [6.07, 6.45) is 0. The largest absolute Gasteiger partial charge is 0.198 e. The maximum Gasteiger partial charge on any atom is 0.0999 e. The van der Waals surface area contributed by atoms with Crippen LogP contribution in [-0.4, -0.2) is 15.5 Å². The average molecular weight is 226 g/mol. The molecule has 0 aromatic carbocycles. The quantitative estimate of drug-likeness (QED) is 0.722. The van der Waals surface area contributed by atoms with Gasteiger partial charge in [0.05, 0.1) is 23.4 Å². The van der Waals surface area contributed by atoms with Crippen LogP contribution in [0.2, 0.25) is 0 Å². The molecular weight excluding hydrogens is 218 g/mol. The molecule has 0 aliphatic carbocycles. The summed E-state index contributed by atoms with van der Waals surface area (Å²) in [7, 11) is 0. The van der Waals surface area contributed by atoms with Crippen LogP contribution in [-0.2, 0) is 0 Å². The fourth-order valence-electron chi connectivity index (χ4n) is 0.775. The number of aromatic nitrogens is 2. The third kappa shape index (κ3) is 2.02. The summed E-state index contributed by atoms with van der Waals surface area (Å²) >= 11 is 3.24. The Balaban J connectivity index is 2.89. The normalized spacial score (nSPS) is 12.1. The number of hydrogen-bond acceptors (Lipinski definition) is 3. The standard InChI is InChI=1S/C8H8BrN3/c1-6-2-3-8(12-11-6)7(4-9)5-10/h2-3,7H,4H2,1H3. The van der Waals surface area contributed by atoms with Gasteiger partial charge < -0.3 is 0 Å². The Labute approximate surface area is 79.6 Å². The highest BCUT2D eigenvalue weighted by atomic mass is 79.9. The van der Waals surface area contributed by atoms with Gasteiger partial charge in [0, 0.05) is 5.33 Å². The Morgan fingerprint density at radius 1 is 1.58 bits per heavy atom. The Hall–Kier alpha value is -0.950. The maximum atomic E-state index is 8.70.